The van der Waals surface area contributed by atoms with Crippen LogP contribution < -0.4 is 4.18 Å². The second-order valence-electron chi connectivity index (χ2n) is 5.01. The number of benzene rings is 2. The lowest BCUT2D eigenvalue weighted by Crippen LogP contribution is -2.10. The van der Waals surface area contributed by atoms with Crippen LogP contribution in [0.2, 0.25) is 0 Å². The van der Waals surface area contributed by atoms with Crippen LogP contribution in [0.15, 0.2) is 53.4 Å². The summed E-state index contributed by atoms with van der Waals surface area (Å²) in [6.45, 7) is 3.66. The molecule has 0 radical (unpaired) electrons. The van der Waals surface area contributed by atoms with E-state index in [2.05, 4.69) is 0 Å². The Morgan fingerprint density at radius 1 is 1.09 bits per heavy atom. The Morgan fingerprint density at radius 3 is 2.43 bits per heavy atom. The van der Waals surface area contributed by atoms with Crippen molar-refractivity contribution in [1.82, 2.24) is 0 Å². The Kier molecular flexibility index (Phi) is 5.39. The van der Waals surface area contributed by atoms with E-state index < -0.39 is 10.1 Å². The molecule has 0 aliphatic heterocycles. The third-order valence-electron chi connectivity index (χ3n) is 3.10. The van der Waals surface area contributed by atoms with Gasteiger partial charge in [0.05, 0.1) is 0 Å². The standard InChI is InChI=1S/C17H18O5S/c1-3-17(18)21-12-14-5-4-6-15(11-14)22-23(19,20)16-9-7-13(2)8-10-16/h4-11H,3,12H2,1-2H3. The summed E-state index contributed by atoms with van der Waals surface area (Å²) in [6, 6.07) is 12.9. The maximum Gasteiger partial charge on any atom is 0.339 e. The number of hydrogen-bond acceptors (Lipinski definition) is 5. The smallest absolute Gasteiger partial charge is 0.339 e. The van der Waals surface area contributed by atoms with Crippen LogP contribution in [0.4, 0.5) is 0 Å². The molecular weight excluding hydrogens is 316 g/mol. The van der Waals surface area contributed by atoms with Crippen molar-refractivity contribution in [3.8, 4) is 5.75 Å². The highest BCUT2D eigenvalue weighted by Crippen LogP contribution is 2.20. The fourth-order valence-electron chi connectivity index (χ4n) is 1.83. The average Bonchev–Trinajstić information content (AvgIpc) is 2.53. The molecule has 0 saturated carbocycles. The van der Waals surface area contributed by atoms with E-state index in [9.17, 15) is 13.2 Å². The molecule has 0 spiro atoms. The van der Waals surface area contributed by atoms with E-state index in [1.54, 1.807) is 31.2 Å². The molecule has 2 aromatic carbocycles. The lowest BCUT2D eigenvalue weighted by molar-refractivity contribution is -0.144. The molecule has 0 saturated heterocycles. The van der Waals surface area contributed by atoms with E-state index >= 15 is 0 Å². The summed E-state index contributed by atoms with van der Waals surface area (Å²) in [5.74, 6) is -0.140. The van der Waals surface area contributed by atoms with Crippen LogP contribution in [0.5, 0.6) is 5.75 Å². The molecule has 5 nitrogen and oxygen atoms in total. The van der Waals surface area contributed by atoms with Crippen LogP contribution >= 0.6 is 0 Å². The number of ether oxygens (including phenoxy) is 1. The molecule has 6 heteroatoms. The van der Waals surface area contributed by atoms with Crippen LogP contribution in [0.25, 0.3) is 0 Å². The van der Waals surface area contributed by atoms with Crippen molar-refractivity contribution in [3.05, 3.63) is 59.7 Å². The number of esters is 1. The van der Waals surface area contributed by atoms with Gasteiger partial charge in [0, 0.05) is 6.42 Å². The van der Waals surface area contributed by atoms with Gasteiger partial charge in [-0.05, 0) is 36.8 Å². The molecule has 122 valence electrons. The van der Waals surface area contributed by atoms with E-state index in [-0.39, 0.29) is 29.6 Å². The topological polar surface area (TPSA) is 69.7 Å². The van der Waals surface area contributed by atoms with Gasteiger partial charge in [0.1, 0.15) is 17.3 Å². The molecule has 2 rings (SSSR count). The molecular formula is C17H18O5S. The first-order valence-electron chi connectivity index (χ1n) is 7.16. The van der Waals surface area contributed by atoms with E-state index in [4.69, 9.17) is 8.92 Å². The second kappa shape index (κ2) is 7.28. The monoisotopic (exact) mass is 334 g/mol. The van der Waals surface area contributed by atoms with Gasteiger partial charge in [-0.3, -0.25) is 4.79 Å². The van der Waals surface area contributed by atoms with Gasteiger partial charge < -0.3 is 8.92 Å². The molecule has 0 N–H and O–H groups in total. The predicted octanol–water partition coefficient (Wildman–Crippen LogP) is 3.22. The van der Waals surface area contributed by atoms with Gasteiger partial charge in [-0.2, -0.15) is 8.42 Å². The minimum atomic E-state index is -3.89. The first-order valence-corrected chi connectivity index (χ1v) is 8.57. The summed E-state index contributed by atoms with van der Waals surface area (Å²) in [7, 11) is -3.89. The minimum absolute atomic E-state index is 0.0778. The van der Waals surface area contributed by atoms with Gasteiger partial charge in [-0.1, -0.05) is 36.8 Å². The maximum absolute atomic E-state index is 12.2. The van der Waals surface area contributed by atoms with Crippen molar-refractivity contribution in [3.63, 3.8) is 0 Å². The minimum Gasteiger partial charge on any atom is -0.461 e. The highest BCUT2D eigenvalue weighted by Gasteiger charge is 2.16. The molecule has 0 bridgehead atoms. The molecule has 0 aromatic heterocycles. The number of carbonyl (C=O) groups is 1. The third-order valence-corrected chi connectivity index (χ3v) is 4.36. The maximum atomic E-state index is 12.2. The van der Waals surface area contributed by atoms with Crippen molar-refractivity contribution in [2.75, 3.05) is 0 Å². The van der Waals surface area contributed by atoms with Crippen molar-refractivity contribution >= 4 is 16.1 Å². The molecule has 0 atom stereocenters. The predicted molar refractivity (Wildman–Crippen MR) is 85.5 cm³/mol. The van der Waals surface area contributed by atoms with Crippen LogP contribution in [0, 0.1) is 6.92 Å². The fraction of sp³-hybridized carbons (Fsp3) is 0.235. The van der Waals surface area contributed by atoms with Crippen LogP contribution in [0.1, 0.15) is 24.5 Å². The lowest BCUT2D eigenvalue weighted by Gasteiger charge is -2.09. The molecule has 0 aliphatic carbocycles. The van der Waals surface area contributed by atoms with E-state index in [1.165, 1.54) is 24.3 Å². The van der Waals surface area contributed by atoms with Gasteiger partial charge in [-0.15, -0.1) is 0 Å². The normalized spacial score (nSPS) is 11.0. The molecule has 0 amide bonds. The summed E-state index contributed by atoms with van der Waals surface area (Å²) in [5, 5.41) is 0. The van der Waals surface area contributed by atoms with Crippen molar-refractivity contribution in [1.29, 1.82) is 0 Å². The summed E-state index contributed by atoms with van der Waals surface area (Å²) in [5.41, 5.74) is 1.62. The zero-order valence-electron chi connectivity index (χ0n) is 13.0. The summed E-state index contributed by atoms with van der Waals surface area (Å²) < 4.78 is 34.6. The first kappa shape index (κ1) is 17.0. The van der Waals surface area contributed by atoms with Gasteiger partial charge >= 0.3 is 16.1 Å². The van der Waals surface area contributed by atoms with Crippen LogP contribution in [0.3, 0.4) is 0 Å². The van der Waals surface area contributed by atoms with E-state index in [0.717, 1.165) is 5.56 Å². The van der Waals surface area contributed by atoms with Crippen molar-refractivity contribution < 1.29 is 22.1 Å². The largest absolute Gasteiger partial charge is 0.461 e. The van der Waals surface area contributed by atoms with Gasteiger partial charge in [0.25, 0.3) is 0 Å². The van der Waals surface area contributed by atoms with Gasteiger partial charge in [0.15, 0.2) is 0 Å². The molecule has 2 aromatic rings. The SMILES string of the molecule is CCC(=O)OCc1cccc(OS(=O)(=O)c2ccc(C)cc2)c1. The second-order valence-corrected chi connectivity index (χ2v) is 6.56. The van der Waals surface area contributed by atoms with Crippen molar-refractivity contribution in [2.45, 2.75) is 31.8 Å². The Labute approximate surface area is 136 Å². The Hall–Kier alpha value is -2.34. The molecule has 0 heterocycles. The number of carbonyl (C=O) groups excluding carboxylic acids is 1. The highest BCUT2D eigenvalue weighted by atomic mass is 32.2. The summed E-state index contributed by atoms with van der Waals surface area (Å²) in [4.78, 5) is 11.3. The van der Waals surface area contributed by atoms with Crippen LogP contribution in [-0.2, 0) is 26.3 Å². The highest BCUT2D eigenvalue weighted by molar-refractivity contribution is 7.87. The quantitative estimate of drug-likeness (QED) is 0.599. The number of aryl methyl sites for hydroxylation is 1. The first-order chi connectivity index (χ1) is 10.9. The average molecular weight is 334 g/mol. The van der Waals surface area contributed by atoms with E-state index in [1.807, 2.05) is 6.92 Å². The Bertz CT molecular complexity index is 779. The van der Waals surface area contributed by atoms with Gasteiger partial charge in [0.2, 0.25) is 0 Å². The molecule has 0 fully saturated rings. The number of hydrogen-bond donors (Lipinski definition) is 0. The van der Waals surface area contributed by atoms with Gasteiger partial charge in [-0.25, -0.2) is 0 Å². The lowest BCUT2D eigenvalue weighted by atomic mass is 10.2. The summed E-state index contributed by atoms with van der Waals surface area (Å²) >= 11 is 0. The van der Waals surface area contributed by atoms with E-state index in [0.29, 0.717) is 5.56 Å². The molecule has 23 heavy (non-hydrogen) atoms. The fourth-order valence-corrected chi connectivity index (χ4v) is 2.76. The zero-order chi connectivity index (χ0) is 16.9. The van der Waals surface area contributed by atoms with Crippen molar-refractivity contribution in [2.24, 2.45) is 0 Å². The zero-order valence-corrected chi connectivity index (χ0v) is 13.8. The third kappa shape index (κ3) is 4.82. The number of rotatable bonds is 6. The van der Waals surface area contributed by atoms with Crippen LogP contribution in [-0.4, -0.2) is 14.4 Å². The molecule has 0 aliphatic rings. The Balaban J connectivity index is 2.13. The molecule has 0 unspecified atom stereocenters. The Morgan fingerprint density at radius 2 is 1.78 bits per heavy atom. The summed E-state index contributed by atoms with van der Waals surface area (Å²) in [6.07, 6.45) is 0.290.